The zero-order chi connectivity index (χ0) is 17.8. The van der Waals surface area contributed by atoms with Gasteiger partial charge in [0.2, 0.25) is 5.91 Å². The van der Waals surface area contributed by atoms with E-state index in [-0.39, 0.29) is 11.7 Å². The summed E-state index contributed by atoms with van der Waals surface area (Å²) in [4.78, 5) is 24.2. The van der Waals surface area contributed by atoms with E-state index in [4.69, 9.17) is 0 Å². The number of aromatic nitrogens is 3. The highest BCUT2D eigenvalue weighted by molar-refractivity contribution is 8.00. The van der Waals surface area contributed by atoms with E-state index in [1.165, 1.54) is 11.8 Å². The van der Waals surface area contributed by atoms with Gasteiger partial charge in [0.15, 0.2) is 0 Å². The summed E-state index contributed by atoms with van der Waals surface area (Å²) in [5, 5.41) is 3.64. The molecule has 6 heteroatoms. The van der Waals surface area contributed by atoms with Crippen molar-refractivity contribution >= 4 is 34.4 Å². The second kappa shape index (κ2) is 7.41. The molecule has 2 N–H and O–H groups in total. The summed E-state index contributed by atoms with van der Waals surface area (Å²) in [6, 6.07) is 19.5. The van der Waals surface area contributed by atoms with Crippen molar-refractivity contribution in [1.82, 2.24) is 15.0 Å². The molecule has 4 rings (SSSR count). The highest BCUT2D eigenvalue weighted by Crippen LogP contribution is 2.31. The van der Waals surface area contributed by atoms with E-state index in [9.17, 15) is 4.79 Å². The maximum atomic E-state index is 12.2. The lowest BCUT2D eigenvalue weighted by molar-refractivity contribution is -0.113. The number of thioether (sulfide) groups is 1. The van der Waals surface area contributed by atoms with Gasteiger partial charge in [0.25, 0.3) is 0 Å². The Morgan fingerprint density at radius 3 is 2.50 bits per heavy atom. The van der Waals surface area contributed by atoms with Crippen molar-refractivity contribution < 1.29 is 4.79 Å². The van der Waals surface area contributed by atoms with E-state index < -0.39 is 0 Å². The van der Waals surface area contributed by atoms with Crippen molar-refractivity contribution in [1.29, 1.82) is 0 Å². The number of H-pyrrole nitrogens is 1. The minimum absolute atomic E-state index is 0.0669. The lowest BCUT2D eigenvalue weighted by Crippen LogP contribution is -2.14. The molecule has 0 bridgehead atoms. The summed E-state index contributed by atoms with van der Waals surface area (Å²) >= 11 is 1.39. The van der Waals surface area contributed by atoms with Crippen LogP contribution in [0, 0.1) is 0 Å². The number of anilines is 1. The molecule has 26 heavy (non-hydrogen) atoms. The molecular formula is C20H16N4OS. The van der Waals surface area contributed by atoms with Gasteiger partial charge >= 0.3 is 0 Å². The van der Waals surface area contributed by atoms with Gasteiger partial charge in [-0.3, -0.25) is 4.79 Å². The molecule has 0 saturated heterocycles. The fraction of sp³-hybridized carbons (Fsp3) is 0.0500. The van der Waals surface area contributed by atoms with Crippen molar-refractivity contribution in [3.63, 3.8) is 0 Å². The Morgan fingerprint density at radius 1 is 1.00 bits per heavy atom. The molecule has 5 nitrogen and oxygen atoms in total. The second-order valence-electron chi connectivity index (χ2n) is 5.67. The van der Waals surface area contributed by atoms with Crippen molar-refractivity contribution in [2.24, 2.45) is 0 Å². The molecule has 0 unspecified atom stereocenters. The van der Waals surface area contributed by atoms with Crippen LogP contribution in [0.1, 0.15) is 0 Å². The molecule has 0 aliphatic heterocycles. The first-order chi connectivity index (χ1) is 12.8. The van der Waals surface area contributed by atoms with Crippen LogP contribution in [0.5, 0.6) is 0 Å². The zero-order valence-electron chi connectivity index (χ0n) is 13.8. The van der Waals surface area contributed by atoms with Gasteiger partial charge in [0.1, 0.15) is 16.9 Å². The highest BCUT2D eigenvalue weighted by atomic mass is 32.2. The predicted octanol–water partition coefficient (Wildman–Crippen LogP) is 4.36. The third kappa shape index (κ3) is 3.45. The van der Waals surface area contributed by atoms with Crippen LogP contribution >= 0.6 is 11.8 Å². The molecule has 2 aromatic carbocycles. The number of nitrogens with one attached hydrogen (secondary N) is 2. The summed E-state index contributed by atoms with van der Waals surface area (Å²) < 4.78 is 0. The highest BCUT2D eigenvalue weighted by Gasteiger charge is 2.13. The Labute approximate surface area is 154 Å². The van der Waals surface area contributed by atoms with Crippen LogP contribution in [-0.2, 0) is 4.79 Å². The summed E-state index contributed by atoms with van der Waals surface area (Å²) in [5.74, 6) is 0.212. The standard InChI is InChI=1S/C20H16N4OS/c25-17(24-15-9-5-2-6-10-15)12-26-20-19-18(22-13-23-20)16(11-21-19)14-7-3-1-4-8-14/h1-11,13,21H,12H2,(H,24,25). The minimum Gasteiger partial charge on any atom is -0.357 e. The summed E-state index contributed by atoms with van der Waals surface area (Å²) in [5.41, 5.74) is 4.62. The van der Waals surface area contributed by atoms with Gasteiger partial charge in [-0.25, -0.2) is 9.97 Å². The quantitative estimate of drug-likeness (QED) is 0.410. The first kappa shape index (κ1) is 16.4. The van der Waals surface area contributed by atoms with E-state index in [2.05, 4.69) is 20.3 Å². The molecule has 2 heterocycles. The predicted molar refractivity (Wildman–Crippen MR) is 105 cm³/mol. The number of hydrogen-bond acceptors (Lipinski definition) is 4. The number of carbonyl (C=O) groups excluding carboxylic acids is 1. The molecule has 0 radical (unpaired) electrons. The van der Waals surface area contributed by atoms with Gasteiger partial charge in [-0.05, 0) is 17.7 Å². The third-order valence-corrected chi connectivity index (χ3v) is 4.90. The van der Waals surface area contributed by atoms with Crippen molar-refractivity contribution in [2.75, 3.05) is 11.1 Å². The fourth-order valence-corrected chi connectivity index (χ4v) is 3.48. The van der Waals surface area contributed by atoms with E-state index >= 15 is 0 Å². The monoisotopic (exact) mass is 360 g/mol. The van der Waals surface area contributed by atoms with E-state index in [0.29, 0.717) is 0 Å². The zero-order valence-corrected chi connectivity index (χ0v) is 14.7. The van der Waals surface area contributed by atoms with Gasteiger partial charge in [-0.15, -0.1) is 0 Å². The number of para-hydroxylation sites is 1. The number of amides is 1. The normalized spacial score (nSPS) is 10.8. The summed E-state index contributed by atoms with van der Waals surface area (Å²) in [6.45, 7) is 0. The molecule has 1 amide bonds. The molecular weight excluding hydrogens is 344 g/mol. The van der Waals surface area contributed by atoms with Gasteiger partial charge in [-0.1, -0.05) is 60.3 Å². The smallest absolute Gasteiger partial charge is 0.234 e. The fourth-order valence-electron chi connectivity index (χ4n) is 2.72. The van der Waals surface area contributed by atoms with E-state index in [1.54, 1.807) is 6.33 Å². The summed E-state index contributed by atoms with van der Waals surface area (Å²) in [6.07, 6.45) is 3.48. The van der Waals surface area contributed by atoms with Crippen LogP contribution < -0.4 is 5.32 Å². The Bertz CT molecular complexity index is 1030. The molecule has 2 aromatic heterocycles. The Balaban J connectivity index is 1.52. The lowest BCUT2D eigenvalue weighted by Gasteiger charge is -2.05. The van der Waals surface area contributed by atoms with Crippen LogP contribution in [-0.4, -0.2) is 26.6 Å². The van der Waals surface area contributed by atoms with Crippen LogP contribution in [0.2, 0.25) is 0 Å². The van der Waals surface area contributed by atoms with Crippen LogP contribution in [0.3, 0.4) is 0 Å². The van der Waals surface area contributed by atoms with Crippen molar-refractivity contribution in [3.8, 4) is 11.1 Å². The number of nitrogens with zero attached hydrogens (tertiary/aromatic N) is 2. The average molecular weight is 360 g/mol. The van der Waals surface area contributed by atoms with Crippen molar-refractivity contribution in [3.05, 3.63) is 73.2 Å². The first-order valence-corrected chi connectivity index (χ1v) is 9.15. The molecule has 0 spiro atoms. The maximum Gasteiger partial charge on any atom is 0.234 e. The maximum absolute atomic E-state index is 12.2. The van der Waals surface area contributed by atoms with E-state index in [0.717, 1.165) is 32.9 Å². The van der Waals surface area contributed by atoms with Crippen molar-refractivity contribution in [2.45, 2.75) is 5.03 Å². The summed E-state index contributed by atoms with van der Waals surface area (Å²) in [7, 11) is 0. The van der Waals surface area contributed by atoms with Gasteiger partial charge in [0.05, 0.1) is 11.3 Å². The minimum atomic E-state index is -0.0669. The largest absolute Gasteiger partial charge is 0.357 e. The van der Waals surface area contributed by atoms with Crippen LogP contribution in [0.25, 0.3) is 22.2 Å². The third-order valence-electron chi connectivity index (χ3n) is 3.91. The number of aromatic amines is 1. The molecule has 0 aliphatic carbocycles. The number of carbonyl (C=O) groups is 1. The van der Waals surface area contributed by atoms with E-state index in [1.807, 2.05) is 66.9 Å². The molecule has 0 fully saturated rings. The van der Waals surface area contributed by atoms with Crippen LogP contribution in [0.15, 0.2) is 78.2 Å². The Hall–Kier alpha value is -3.12. The molecule has 128 valence electrons. The van der Waals surface area contributed by atoms with Gasteiger partial charge in [0, 0.05) is 17.4 Å². The number of rotatable bonds is 5. The number of fused-ring (bicyclic) bond motifs is 1. The first-order valence-electron chi connectivity index (χ1n) is 8.16. The molecule has 4 aromatic rings. The molecule has 0 saturated carbocycles. The number of benzene rings is 2. The Morgan fingerprint density at radius 2 is 1.73 bits per heavy atom. The second-order valence-corrected chi connectivity index (χ2v) is 6.64. The molecule has 0 aliphatic rings. The van der Waals surface area contributed by atoms with Crippen LogP contribution in [0.4, 0.5) is 5.69 Å². The topological polar surface area (TPSA) is 70.7 Å². The Kier molecular flexibility index (Phi) is 4.66. The lowest BCUT2D eigenvalue weighted by atomic mass is 10.1. The van der Waals surface area contributed by atoms with Gasteiger partial charge in [-0.2, -0.15) is 0 Å². The average Bonchev–Trinajstić information content (AvgIpc) is 3.12. The molecule has 0 atom stereocenters. The SMILES string of the molecule is O=C(CSc1ncnc2c(-c3ccccc3)c[nH]c12)Nc1ccccc1. The van der Waals surface area contributed by atoms with Gasteiger partial charge < -0.3 is 10.3 Å². The number of hydrogen-bond donors (Lipinski definition) is 2.